The largest absolute Gasteiger partial charge is 0.478 e. The maximum absolute atomic E-state index is 12.6. The topological polar surface area (TPSA) is 57.6 Å². The van der Waals surface area contributed by atoms with E-state index in [1.807, 2.05) is 4.90 Å². The van der Waals surface area contributed by atoms with Gasteiger partial charge in [-0.3, -0.25) is 4.79 Å². The molecule has 0 bridgehead atoms. The number of likely N-dealkylation sites (tertiary alicyclic amines) is 1. The average molecular weight is 287 g/mol. The Morgan fingerprint density at radius 1 is 1.38 bits per heavy atom. The molecule has 112 valence electrons. The smallest absolute Gasteiger partial charge is 0.328 e. The van der Waals surface area contributed by atoms with Crippen LogP contribution >= 0.6 is 0 Å². The molecule has 1 aliphatic rings. The van der Waals surface area contributed by atoms with Crippen molar-refractivity contribution in [2.75, 3.05) is 6.54 Å². The Kier molecular flexibility index (Phi) is 4.78. The molecule has 1 unspecified atom stereocenters. The first kappa shape index (κ1) is 15.3. The Morgan fingerprint density at radius 2 is 2.14 bits per heavy atom. The molecule has 1 fully saturated rings. The van der Waals surface area contributed by atoms with E-state index >= 15 is 0 Å². The average Bonchev–Trinajstić information content (AvgIpc) is 2.94. The predicted molar refractivity (Wildman–Crippen MR) is 82.0 cm³/mol. The SMILES string of the molecule is CC(C)C1CCCN1C(=O)c1cccc(C=CC(=O)O)c1. The van der Waals surface area contributed by atoms with Crippen LogP contribution in [0.3, 0.4) is 0 Å². The van der Waals surface area contributed by atoms with Gasteiger partial charge in [0.2, 0.25) is 0 Å². The van der Waals surface area contributed by atoms with Gasteiger partial charge in [-0.25, -0.2) is 4.79 Å². The predicted octanol–water partition coefficient (Wildman–Crippen LogP) is 3.05. The number of amides is 1. The lowest BCUT2D eigenvalue weighted by Gasteiger charge is -2.27. The highest BCUT2D eigenvalue weighted by Crippen LogP contribution is 2.25. The van der Waals surface area contributed by atoms with E-state index in [9.17, 15) is 9.59 Å². The number of nitrogens with zero attached hydrogens (tertiary/aromatic N) is 1. The molecule has 1 aliphatic heterocycles. The van der Waals surface area contributed by atoms with Gasteiger partial charge in [-0.05, 0) is 42.5 Å². The van der Waals surface area contributed by atoms with E-state index in [4.69, 9.17) is 5.11 Å². The van der Waals surface area contributed by atoms with Crippen molar-refractivity contribution >= 4 is 18.0 Å². The van der Waals surface area contributed by atoms with Gasteiger partial charge >= 0.3 is 5.97 Å². The third kappa shape index (κ3) is 3.72. The number of carboxylic acids is 1. The van der Waals surface area contributed by atoms with Crippen LogP contribution < -0.4 is 0 Å². The highest BCUT2D eigenvalue weighted by Gasteiger charge is 2.31. The van der Waals surface area contributed by atoms with E-state index < -0.39 is 5.97 Å². The number of hydrogen-bond acceptors (Lipinski definition) is 2. The Morgan fingerprint density at radius 3 is 2.81 bits per heavy atom. The molecule has 4 nitrogen and oxygen atoms in total. The van der Waals surface area contributed by atoms with Crippen molar-refractivity contribution in [1.82, 2.24) is 4.90 Å². The fraction of sp³-hybridized carbons (Fsp3) is 0.412. The van der Waals surface area contributed by atoms with Crippen molar-refractivity contribution in [1.29, 1.82) is 0 Å². The molecule has 4 heteroatoms. The Bertz CT molecular complexity index is 563. The number of rotatable bonds is 4. The van der Waals surface area contributed by atoms with Gasteiger partial charge in [0.1, 0.15) is 0 Å². The molecule has 1 heterocycles. The monoisotopic (exact) mass is 287 g/mol. The third-order valence-corrected chi connectivity index (χ3v) is 3.88. The summed E-state index contributed by atoms with van der Waals surface area (Å²) < 4.78 is 0. The first-order chi connectivity index (χ1) is 9.99. The van der Waals surface area contributed by atoms with Crippen molar-refractivity contribution in [3.05, 3.63) is 41.5 Å². The van der Waals surface area contributed by atoms with Crippen LogP contribution in [0.2, 0.25) is 0 Å². The maximum Gasteiger partial charge on any atom is 0.328 e. The van der Waals surface area contributed by atoms with Crippen LogP contribution in [-0.4, -0.2) is 34.5 Å². The van der Waals surface area contributed by atoms with Crippen LogP contribution in [-0.2, 0) is 4.79 Å². The quantitative estimate of drug-likeness (QED) is 0.866. The van der Waals surface area contributed by atoms with Crippen LogP contribution in [0.25, 0.3) is 6.08 Å². The Balaban J connectivity index is 2.19. The first-order valence-electron chi connectivity index (χ1n) is 7.31. The Labute approximate surface area is 125 Å². The van der Waals surface area contributed by atoms with Crippen molar-refractivity contribution in [2.24, 2.45) is 5.92 Å². The fourth-order valence-corrected chi connectivity index (χ4v) is 2.85. The zero-order valence-corrected chi connectivity index (χ0v) is 12.5. The summed E-state index contributed by atoms with van der Waals surface area (Å²) in [6, 6.07) is 7.42. The van der Waals surface area contributed by atoms with Crippen LogP contribution in [0.4, 0.5) is 0 Å². The normalized spacial score (nSPS) is 18.6. The number of aliphatic carboxylic acids is 1. The minimum Gasteiger partial charge on any atom is -0.478 e. The van der Waals surface area contributed by atoms with E-state index in [0.29, 0.717) is 17.5 Å². The second-order valence-corrected chi connectivity index (χ2v) is 5.75. The molecule has 1 aromatic carbocycles. The van der Waals surface area contributed by atoms with Gasteiger partial charge in [-0.15, -0.1) is 0 Å². The number of carboxylic acid groups (broad SMARTS) is 1. The molecule has 21 heavy (non-hydrogen) atoms. The number of benzene rings is 1. The molecule has 0 saturated carbocycles. The molecule has 1 atom stereocenters. The van der Waals surface area contributed by atoms with E-state index in [0.717, 1.165) is 31.0 Å². The molecule has 1 N–H and O–H groups in total. The maximum atomic E-state index is 12.6. The van der Waals surface area contributed by atoms with Gasteiger partial charge in [-0.2, -0.15) is 0 Å². The van der Waals surface area contributed by atoms with Gasteiger partial charge in [-0.1, -0.05) is 26.0 Å². The minimum absolute atomic E-state index is 0.0387. The van der Waals surface area contributed by atoms with Gasteiger partial charge in [0, 0.05) is 24.2 Å². The fourth-order valence-electron chi connectivity index (χ4n) is 2.85. The zero-order valence-electron chi connectivity index (χ0n) is 12.5. The van der Waals surface area contributed by atoms with Gasteiger partial charge in [0.05, 0.1) is 0 Å². The molecule has 1 saturated heterocycles. The van der Waals surface area contributed by atoms with Crippen molar-refractivity contribution in [3.8, 4) is 0 Å². The summed E-state index contributed by atoms with van der Waals surface area (Å²) in [6.07, 6.45) is 4.69. The highest BCUT2D eigenvalue weighted by atomic mass is 16.4. The molecular weight excluding hydrogens is 266 g/mol. The molecule has 0 spiro atoms. The van der Waals surface area contributed by atoms with Crippen molar-refractivity contribution < 1.29 is 14.7 Å². The lowest BCUT2D eigenvalue weighted by molar-refractivity contribution is -0.131. The van der Waals surface area contributed by atoms with Gasteiger partial charge < -0.3 is 10.0 Å². The van der Waals surface area contributed by atoms with Crippen LogP contribution in [0.15, 0.2) is 30.3 Å². The summed E-state index contributed by atoms with van der Waals surface area (Å²) in [5.74, 6) is -0.505. The number of carbonyl (C=O) groups is 2. The molecular formula is C17H21NO3. The standard InChI is InChI=1S/C17H21NO3/c1-12(2)15-7-4-10-18(15)17(21)14-6-3-5-13(11-14)8-9-16(19)20/h3,5-6,8-9,11-12,15H,4,7,10H2,1-2H3,(H,19,20). The summed E-state index contributed by atoms with van der Waals surface area (Å²) in [5, 5.41) is 8.66. The van der Waals surface area contributed by atoms with Crippen molar-refractivity contribution in [3.63, 3.8) is 0 Å². The van der Waals surface area contributed by atoms with Gasteiger partial charge in [0.25, 0.3) is 5.91 Å². The third-order valence-electron chi connectivity index (χ3n) is 3.88. The van der Waals surface area contributed by atoms with E-state index in [-0.39, 0.29) is 5.91 Å². The number of hydrogen-bond donors (Lipinski definition) is 1. The van der Waals surface area contributed by atoms with E-state index in [2.05, 4.69) is 13.8 Å². The summed E-state index contributed by atoms with van der Waals surface area (Å²) >= 11 is 0. The summed E-state index contributed by atoms with van der Waals surface area (Å²) in [7, 11) is 0. The highest BCUT2D eigenvalue weighted by molar-refractivity contribution is 5.95. The second kappa shape index (κ2) is 6.57. The first-order valence-corrected chi connectivity index (χ1v) is 7.31. The molecule has 0 aliphatic carbocycles. The second-order valence-electron chi connectivity index (χ2n) is 5.75. The summed E-state index contributed by atoms with van der Waals surface area (Å²) in [6.45, 7) is 5.08. The molecule has 0 aromatic heterocycles. The van der Waals surface area contributed by atoms with Crippen LogP contribution in [0, 0.1) is 5.92 Å². The molecule has 1 amide bonds. The minimum atomic E-state index is -0.994. The molecule has 2 rings (SSSR count). The lowest BCUT2D eigenvalue weighted by Crippen LogP contribution is -2.38. The molecule has 1 aromatic rings. The Hall–Kier alpha value is -2.10. The number of carbonyl (C=O) groups excluding carboxylic acids is 1. The summed E-state index contributed by atoms with van der Waals surface area (Å²) in [5.41, 5.74) is 1.35. The van der Waals surface area contributed by atoms with Crippen LogP contribution in [0.5, 0.6) is 0 Å². The lowest BCUT2D eigenvalue weighted by atomic mass is 10.0. The molecule has 0 radical (unpaired) electrons. The van der Waals surface area contributed by atoms with Gasteiger partial charge in [0.15, 0.2) is 0 Å². The zero-order chi connectivity index (χ0) is 15.4. The van der Waals surface area contributed by atoms with E-state index in [1.165, 1.54) is 6.08 Å². The van der Waals surface area contributed by atoms with E-state index in [1.54, 1.807) is 24.3 Å². The van der Waals surface area contributed by atoms with Crippen LogP contribution in [0.1, 0.15) is 42.6 Å². The van der Waals surface area contributed by atoms with Crippen molar-refractivity contribution in [2.45, 2.75) is 32.7 Å². The summed E-state index contributed by atoms with van der Waals surface area (Å²) in [4.78, 5) is 25.1.